The van der Waals surface area contributed by atoms with Gasteiger partial charge in [-0.3, -0.25) is 14.4 Å². The zero-order chi connectivity index (χ0) is 30.9. The van der Waals surface area contributed by atoms with E-state index in [0.29, 0.717) is 45.1 Å². The first-order valence-corrected chi connectivity index (χ1v) is 16.5. The maximum atomic E-state index is 14.1. The largest absolute Gasteiger partial charge is 0.391 e. The predicted molar refractivity (Wildman–Crippen MR) is 163 cm³/mol. The van der Waals surface area contributed by atoms with Crippen LogP contribution in [0.5, 0.6) is 0 Å². The summed E-state index contributed by atoms with van der Waals surface area (Å²) in [6.45, 7) is 0.104. The number of hydrogen-bond acceptors (Lipinski definition) is 6. The Morgan fingerprint density at radius 1 is 0.977 bits per heavy atom. The van der Waals surface area contributed by atoms with Gasteiger partial charge < -0.3 is 15.3 Å². The normalized spacial score (nSPS) is 22.0. The van der Waals surface area contributed by atoms with Crippen LogP contribution in [-0.4, -0.2) is 54.5 Å². The number of benzene rings is 3. The van der Waals surface area contributed by atoms with Gasteiger partial charge in [-0.15, -0.1) is 0 Å². The molecule has 2 aliphatic rings. The molecule has 0 bridgehead atoms. The quantitative estimate of drug-likeness (QED) is 0.345. The summed E-state index contributed by atoms with van der Waals surface area (Å²) in [5.41, 5.74) is 2.32. The van der Waals surface area contributed by atoms with Gasteiger partial charge in [0.05, 0.1) is 30.4 Å². The SMILES string of the molecule is CS(=O)(=O)NC(=O)c1ccc(CNC(=O)[C@@H]2c3ccccc3C(=O)N([C@H]3CCCC[C@@H]3O)[C@H]2c2ccc(Cl)cc2Cl)cc1. The van der Waals surface area contributed by atoms with Crippen molar-refractivity contribution >= 4 is 50.9 Å². The van der Waals surface area contributed by atoms with Crippen molar-refractivity contribution in [2.24, 2.45) is 0 Å². The second kappa shape index (κ2) is 12.7. The van der Waals surface area contributed by atoms with Crippen LogP contribution in [0.2, 0.25) is 10.0 Å². The van der Waals surface area contributed by atoms with Crippen LogP contribution in [0, 0.1) is 0 Å². The molecular formula is C31H31Cl2N3O6S. The highest BCUT2D eigenvalue weighted by atomic mass is 35.5. The maximum absolute atomic E-state index is 14.1. The first kappa shape index (κ1) is 31.0. The molecule has 3 aromatic carbocycles. The lowest BCUT2D eigenvalue weighted by Gasteiger charge is -2.48. The number of nitrogens with one attached hydrogen (secondary N) is 2. The zero-order valence-electron chi connectivity index (χ0n) is 23.3. The van der Waals surface area contributed by atoms with Gasteiger partial charge in [0.25, 0.3) is 11.8 Å². The standard InChI is InChI=1S/C31H31Cl2N3O6S/c1-43(41,42)35-29(38)19-12-10-18(11-13-19)17-34-30(39)27-21-6-2-3-7-22(21)31(40)36(25-8-4-5-9-26(25)37)28(27)23-15-14-20(32)16-24(23)33/h2-3,6-7,10-16,25-28,37H,4-5,8-9,17H2,1H3,(H,34,39)(H,35,38)/t25-,26-,27+,28-/m0/s1. The molecule has 12 heteroatoms. The Labute approximate surface area is 260 Å². The van der Waals surface area contributed by atoms with E-state index in [1.54, 1.807) is 59.5 Å². The molecule has 9 nitrogen and oxygen atoms in total. The fraction of sp³-hybridized carbons (Fsp3) is 0.323. The van der Waals surface area contributed by atoms with Crippen LogP contribution >= 0.6 is 23.2 Å². The van der Waals surface area contributed by atoms with Crippen molar-refractivity contribution in [3.05, 3.63) is 105 Å². The Morgan fingerprint density at radius 2 is 1.67 bits per heavy atom. The smallest absolute Gasteiger partial charge is 0.264 e. The monoisotopic (exact) mass is 643 g/mol. The van der Waals surface area contributed by atoms with E-state index < -0.39 is 40.0 Å². The van der Waals surface area contributed by atoms with Crippen LogP contribution in [0.15, 0.2) is 66.7 Å². The number of aliphatic hydroxyl groups excluding tert-OH is 1. The Hall–Kier alpha value is -3.44. The summed E-state index contributed by atoms with van der Waals surface area (Å²) in [6, 6.07) is 16.8. The lowest BCUT2D eigenvalue weighted by atomic mass is 9.76. The number of carbonyl (C=O) groups excluding carboxylic acids is 3. The van der Waals surface area contributed by atoms with Gasteiger partial charge in [-0.05, 0) is 59.9 Å². The molecule has 5 rings (SSSR count). The van der Waals surface area contributed by atoms with Crippen molar-refractivity contribution in [1.82, 2.24) is 14.9 Å². The van der Waals surface area contributed by atoms with E-state index >= 15 is 0 Å². The summed E-state index contributed by atoms with van der Waals surface area (Å²) in [7, 11) is -3.71. The summed E-state index contributed by atoms with van der Waals surface area (Å²) in [5, 5.41) is 14.7. The van der Waals surface area contributed by atoms with Crippen molar-refractivity contribution in [3.63, 3.8) is 0 Å². The summed E-state index contributed by atoms with van der Waals surface area (Å²) in [5.74, 6) is -2.24. The van der Waals surface area contributed by atoms with Gasteiger partial charge in [0.1, 0.15) is 0 Å². The lowest BCUT2D eigenvalue weighted by molar-refractivity contribution is -0.125. The lowest BCUT2D eigenvalue weighted by Crippen LogP contribution is -2.55. The third-order valence-electron chi connectivity index (χ3n) is 7.95. The molecule has 1 fully saturated rings. The van der Waals surface area contributed by atoms with Gasteiger partial charge in [0, 0.05) is 27.7 Å². The molecule has 3 N–H and O–H groups in total. The molecule has 3 amide bonds. The molecule has 226 valence electrons. The van der Waals surface area contributed by atoms with Gasteiger partial charge in [0.2, 0.25) is 15.9 Å². The van der Waals surface area contributed by atoms with Gasteiger partial charge in [-0.1, -0.05) is 72.4 Å². The van der Waals surface area contributed by atoms with Crippen LogP contribution in [0.25, 0.3) is 0 Å². The Bertz CT molecular complexity index is 1660. The topological polar surface area (TPSA) is 133 Å². The molecule has 0 aromatic heterocycles. The summed E-state index contributed by atoms with van der Waals surface area (Å²) in [4.78, 5) is 42.0. The number of nitrogens with zero attached hydrogens (tertiary/aromatic N) is 1. The molecule has 1 heterocycles. The minimum absolute atomic E-state index is 0.104. The van der Waals surface area contributed by atoms with Gasteiger partial charge in [-0.2, -0.15) is 0 Å². The molecule has 4 atom stereocenters. The van der Waals surface area contributed by atoms with E-state index in [-0.39, 0.29) is 23.9 Å². The molecular weight excluding hydrogens is 613 g/mol. The van der Waals surface area contributed by atoms with Gasteiger partial charge in [0.15, 0.2) is 0 Å². The summed E-state index contributed by atoms with van der Waals surface area (Å²) >= 11 is 12.9. The second-order valence-electron chi connectivity index (χ2n) is 10.9. The number of sulfonamides is 1. The first-order valence-electron chi connectivity index (χ1n) is 13.9. The molecule has 0 saturated heterocycles. The van der Waals surface area contributed by atoms with Crippen molar-refractivity contribution < 1.29 is 27.9 Å². The number of amides is 3. The van der Waals surface area contributed by atoms with Crippen molar-refractivity contribution in [3.8, 4) is 0 Å². The van der Waals surface area contributed by atoms with Crippen LogP contribution < -0.4 is 10.0 Å². The molecule has 0 unspecified atom stereocenters. The molecule has 1 saturated carbocycles. The highest BCUT2D eigenvalue weighted by Gasteiger charge is 2.48. The Balaban J connectivity index is 1.50. The highest BCUT2D eigenvalue weighted by molar-refractivity contribution is 7.89. The number of aliphatic hydroxyl groups is 1. The molecule has 1 aliphatic heterocycles. The summed E-state index contributed by atoms with van der Waals surface area (Å²) in [6.07, 6.45) is 2.96. The van der Waals surface area contributed by atoms with Crippen molar-refractivity contribution in [2.75, 3.05) is 6.26 Å². The molecule has 0 radical (unpaired) electrons. The highest BCUT2D eigenvalue weighted by Crippen LogP contribution is 2.47. The van der Waals surface area contributed by atoms with Crippen LogP contribution in [0.3, 0.4) is 0 Å². The Kier molecular flexibility index (Phi) is 9.12. The minimum atomic E-state index is -3.71. The fourth-order valence-electron chi connectivity index (χ4n) is 5.99. The molecule has 1 aliphatic carbocycles. The number of halogens is 2. The minimum Gasteiger partial charge on any atom is -0.391 e. The van der Waals surface area contributed by atoms with E-state index in [2.05, 4.69) is 5.32 Å². The van der Waals surface area contributed by atoms with Crippen LogP contribution in [0.4, 0.5) is 0 Å². The van der Waals surface area contributed by atoms with Crippen LogP contribution in [0.1, 0.15) is 75.0 Å². The van der Waals surface area contributed by atoms with E-state index in [1.807, 2.05) is 4.72 Å². The molecule has 3 aromatic rings. The van der Waals surface area contributed by atoms with E-state index in [1.165, 1.54) is 12.1 Å². The average Bonchev–Trinajstić information content (AvgIpc) is 2.96. The average molecular weight is 645 g/mol. The third kappa shape index (κ3) is 6.72. The zero-order valence-corrected chi connectivity index (χ0v) is 25.6. The van der Waals surface area contributed by atoms with E-state index in [9.17, 15) is 27.9 Å². The van der Waals surface area contributed by atoms with E-state index in [0.717, 1.165) is 19.1 Å². The predicted octanol–water partition coefficient (Wildman–Crippen LogP) is 4.58. The van der Waals surface area contributed by atoms with Crippen LogP contribution in [-0.2, 0) is 21.4 Å². The number of hydrogen-bond donors (Lipinski definition) is 3. The third-order valence-corrected chi connectivity index (χ3v) is 9.07. The maximum Gasteiger partial charge on any atom is 0.264 e. The second-order valence-corrected chi connectivity index (χ2v) is 13.5. The van der Waals surface area contributed by atoms with E-state index in [4.69, 9.17) is 23.2 Å². The Morgan fingerprint density at radius 3 is 2.35 bits per heavy atom. The van der Waals surface area contributed by atoms with Gasteiger partial charge in [-0.25, -0.2) is 13.1 Å². The summed E-state index contributed by atoms with van der Waals surface area (Å²) < 4.78 is 24.7. The number of fused-ring (bicyclic) bond motifs is 1. The number of rotatable bonds is 7. The first-order chi connectivity index (χ1) is 20.4. The molecule has 43 heavy (non-hydrogen) atoms. The van der Waals surface area contributed by atoms with Crippen molar-refractivity contribution in [1.29, 1.82) is 0 Å². The number of carbonyl (C=O) groups is 3. The molecule has 0 spiro atoms. The fourth-order valence-corrected chi connectivity index (χ4v) is 6.96. The van der Waals surface area contributed by atoms with Crippen molar-refractivity contribution in [2.45, 2.75) is 56.3 Å². The van der Waals surface area contributed by atoms with Gasteiger partial charge >= 0.3 is 0 Å².